The van der Waals surface area contributed by atoms with Gasteiger partial charge in [0.1, 0.15) is 17.7 Å². The molecule has 1 aromatic rings. The van der Waals surface area contributed by atoms with Crippen LogP contribution in [0.2, 0.25) is 0 Å². The van der Waals surface area contributed by atoms with Gasteiger partial charge in [0.05, 0.1) is 0 Å². The molecule has 2 aliphatic carbocycles. The molecule has 0 aliphatic heterocycles. The van der Waals surface area contributed by atoms with Crippen LogP contribution in [0, 0.1) is 12.8 Å². The standard InChI is InChI=1S/C29H45N3O4S/c1-19-12-14-21(15-13-19)25(26(33)30-22-10-8-7-9-11-22)32(24-18-20(24)2)27(34)23(16-17-37-6)31-28(35)36-29(3,4)5/h12-15,20,22-25H,7-11,16-18H2,1-6H3,(H,30,33)(H,31,35). The van der Waals surface area contributed by atoms with Gasteiger partial charge in [-0.25, -0.2) is 4.79 Å². The van der Waals surface area contributed by atoms with Crippen molar-refractivity contribution in [1.29, 1.82) is 0 Å². The average Bonchev–Trinajstić information content (AvgIpc) is 3.55. The van der Waals surface area contributed by atoms with Crippen LogP contribution in [0.25, 0.3) is 0 Å². The number of carbonyl (C=O) groups is 3. The summed E-state index contributed by atoms with van der Waals surface area (Å²) in [4.78, 5) is 42.6. The molecule has 0 saturated heterocycles. The van der Waals surface area contributed by atoms with Crippen molar-refractivity contribution in [3.8, 4) is 0 Å². The summed E-state index contributed by atoms with van der Waals surface area (Å²) in [6.45, 7) is 9.51. The Bertz CT molecular complexity index is 924. The van der Waals surface area contributed by atoms with Crippen LogP contribution in [-0.4, -0.2) is 58.5 Å². The minimum absolute atomic E-state index is 0.0480. The summed E-state index contributed by atoms with van der Waals surface area (Å²) < 4.78 is 5.47. The predicted octanol–water partition coefficient (Wildman–Crippen LogP) is 5.37. The number of thioether (sulfide) groups is 1. The van der Waals surface area contributed by atoms with Crippen LogP contribution in [0.15, 0.2) is 24.3 Å². The van der Waals surface area contributed by atoms with E-state index >= 15 is 0 Å². The van der Waals surface area contributed by atoms with E-state index in [1.54, 1.807) is 37.4 Å². The molecule has 3 amide bonds. The third-order valence-corrected chi connectivity index (χ3v) is 7.79. The van der Waals surface area contributed by atoms with Gasteiger partial charge in [-0.15, -0.1) is 0 Å². The van der Waals surface area contributed by atoms with Crippen LogP contribution in [0.3, 0.4) is 0 Å². The number of rotatable bonds is 10. The van der Waals surface area contributed by atoms with Gasteiger partial charge in [-0.3, -0.25) is 9.59 Å². The maximum atomic E-state index is 14.2. The van der Waals surface area contributed by atoms with E-state index in [-0.39, 0.29) is 23.9 Å². The number of hydrogen-bond donors (Lipinski definition) is 2. The lowest BCUT2D eigenvalue weighted by molar-refractivity contribution is -0.143. The topological polar surface area (TPSA) is 87.7 Å². The fraction of sp³-hybridized carbons (Fsp3) is 0.690. The molecule has 0 bridgehead atoms. The second kappa shape index (κ2) is 13.0. The molecule has 206 valence electrons. The average molecular weight is 532 g/mol. The Morgan fingerprint density at radius 3 is 2.27 bits per heavy atom. The van der Waals surface area contributed by atoms with Crippen molar-refractivity contribution < 1.29 is 19.1 Å². The van der Waals surface area contributed by atoms with E-state index in [2.05, 4.69) is 17.6 Å². The summed E-state index contributed by atoms with van der Waals surface area (Å²) in [5.74, 6) is 0.633. The van der Waals surface area contributed by atoms with Crippen LogP contribution in [-0.2, 0) is 14.3 Å². The van der Waals surface area contributed by atoms with Gasteiger partial charge < -0.3 is 20.3 Å². The first-order valence-corrected chi connectivity index (χ1v) is 15.1. The molecule has 4 atom stereocenters. The number of benzene rings is 1. The van der Waals surface area contributed by atoms with Gasteiger partial charge in [0, 0.05) is 12.1 Å². The maximum absolute atomic E-state index is 14.2. The lowest BCUT2D eigenvalue weighted by atomic mass is 9.94. The Balaban J connectivity index is 1.94. The molecule has 2 fully saturated rings. The second-order valence-corrected chi connectivity index (χ2v) is 12.6. The number of amides is 3. The van der Waals surface area contributed by atoms with Gasteiger partial charge in [-0.1, -0.05) is 56.0 Å². The van der Waals surface area contributed by atoms with E-state index in [4.69, 9.17) is 4.74 Å². The van der Waals surface area contributed by atoms with Crippen LogP contribution in [0.5, 0.6) is 0 Å². The largest absolute Gasteiger partial charge is 0.444 e. The fourth-order valence-corrected chi connectivity index (χ4v) is 5.48. The zero-order chi connectivity index (χ0) is 27.2. The summed E-state index contributed by atoms with van der Waals surface area (Å²) in [6.07, 6.45) is 8.02. The summed E-state index contributed by atoms with van der Waals surface area (Å²) in [6, 6.07) is 6.44. The normalized spacial score (nSPS) is 21.5. The predicted molar refractivity (Wildman–Crippen MR) is 150 cm³/mol. The first-order chi connectivity index (χ1) is 17.5. The molecule has 3 rings (SSSR count). The van der Waals surface area contributed by atoms with Gasteiger partial charge >= 0.3 is 6.09 Å². The number of ether oxygens (including phenoxy) is 1. The Labute approximate surface area is 226 Å². The Kier molecular flexibility index (Phi) is 10.3. The lowest BCUT2D eigenvalue weighted by Gasteiger charge is -2.36. The number of alkyl carbamates (subject to hydrolysis) is 1. The zero-order valence-electron chi connectivity index (χ0n) is 23.3. The van der Waals surface area contributed by atoms with Crippen molar-refractivity contribution in [2.45, 2.75) is 109 Å². The summed E-state index contributed by atoms with van der Waals surface area (Å²) in [5.41, 5.74) is 1.22. The molecule has 1 aromatic carbocycles. The van der Waals surface area contributed by atoms with Gasteiger partial charge in [-0.05, 0) is 76.9 Å². The van der Waals surface area contributed by atoms with E-state index in [1.807, 2.05) is 37.4 Å². The van der Waals surface area contributed by atoms with Crippen LogP contribution in [0.4, 0.5) is 4.79 Å². The molecule has 7 nitrogen and oxygen atoms in total. The van der Waals surface area contributed by atoms with Crippen molar-refractivity contribution in [3.05, 3.63) is 35.4 Å². The highest BCUT2D eigenvalue weighted by atomic mass is 32.2. The molecule has 0 radical (unpaired) electrons. The SMILES string of the molecule is CSCCC(NC(=O)OC(C)(C)C)C(=O)N(C(C(=O)NC1CCCCC1)c1ccc(C)cc1)C1CC1C. The fourth-order valence-electron chi connectivity index (χ4n) is 5.01. The number of nitrogens with one attached hydrogen (secondary N) is 2. The van der Waals surface area contributed by atoms with Crippen LogP contribution < -0.4 is 10.6 Å². The second-order valence-electron chi connectivity index (χ2n) is 11.7. The molecule has 0 spiro atoms. The molecular formula is C29H45N3O4S. The van der Waals surface area contributed by atoms with Crippen molar-refractivity contribution in [2.75, 3.05) is 12.0 Å². The van der Waals surface area contributed by atoms with Crippen molar-refractivity contribution in [1.82, 2.24) is 15.5 Å². The molecule has 4 unspecified atom stereocenters. The Morgan fingerprint density at radius 1 is 1.11 bits per heavy atom. The number of aryl methyl sites for hydroxylation is 1. The third-order valence-electron chi connectivity index (χ3n) is 7.15. The zero-order valence-corrected chi connectivity index (χ0v) is 24.2. The molecule has 2 saturated carbocycles. The Hall–Kier alpha value is -2.22. The molecule has 2 aliphatic rings. The van der Waals surface area contributed by atoms with Crippen molar-refractivity contribution >= 4 is 29.7 Å². The van der Waals surface area contributed by atoms with Crippen molar-refractivity contribution in [2.24, 2.45) is 5.92 Å². The molecule has 8 heteroatoms. The van der Waals surface area contributed by atoms with E-state index in [1.165, 1.54) is 6.42 Å². The number of nitrogens with zero attached hydrogens (tertiary/aromatic N) is 1. The molecule has 37 heavy (non-hydrogen) atoms. The lowest BCUT2D eigenvalue weighted by Crippen LogP contribution is -2.55. The van der Waals surface area contributed by atoms with E-state index in [0.29, 0.717) is 18.1 Å². The third kappa shape index (κ3) is 8.66. The highest BCUT2D eigenvalue weighted by molar-refractivity contribution is 7.98. The van der Waals surface area contributed by atoms with Gasteiger partial charge in [-0.2, -0.15) is 11.8 Å². The van der Waals surface area contributed by atoms with Crippen LogP contribution in [0.1, 0.15) is 89.8 Å². The smallest absolute Gasteiger partial charge is 0.408 e. The van der Waals surface area contributed by atoms with Gasteiger partial charge in [0.25, 0.3) is 0 Å². The molecular weight excluding hydrogens is 486 g/mol. The molecule has 0 heterocycles. The first-order valence-electron chi connectivity index (χ1n) is 13.7. The summed E-state index contributed by atoms with van der Waals surface area (Å²) in [5, 5.41) is 6.09. The summed E-state index contributed by atoms with van der Waals surface area (Å²) in [7, 11) is 0. The molecule has 0 aromatic heterocycles. The maximum Gasteiger partial charge on any atom is 0.408 e. The number of hydrogen-bond acceptors (Lipinski definition) is 5. The van der Waals surface area contributed by atoms with Gasteiger partial charge in [0.2, 0.25) is 11.8 Å². The monoisotopic (exact) mass is 531 g/mol. The summed E-state index contributed by atoms with van der Waals surface area (Å²) >= 11 is 1.62. The van der Waals surface area contributed by atoms with Gasteiger partial charge in [0.15, 0.2) is 0 Å². The Morgan fingerprint density at radius 2 is 1.73 bits per heavy atom. The molecule has 2 N–H and O–H groups in total. The first kappa shape index (κ1) is 29.3. The highest BCUT2D eigenvalue weighted by Crippen LogP contribution is 2.41. The number of carbonyl (C=O) groups excluding carboxylic acids is 3. The van der Waals surface area contributed by atoms with E-state index in [0.717, 1.165) is 43.2 Å². The highest BCUT2D eigenvalue weighted by Gasteiger charge is 2.48. The minimum Gasteiger partial charge on any atom is -0.444 e. The van der Waals surface area contributed by atoms with Crippen LogP contribution >= 0.6 is 11.8 Å². The minimum atomic E-state index is -0.773. The van der Waals surface area contributed by atoms with E-state index in [9.17, 15) is 14.4 Å². The van der Waals surface area contributed by atoms with E-state index < -0.39 is 23.8 Å². The van der Waals surface area contributed by atoms with Crippen molar-refractivity contribution in [3.63, 3.8) is 0 Å². The quantitative estimate of drug-likeness (QED) is 0.424.